The number of aliphatic carboxylic acids is 1. The number of rotatable bonds is 14. The Bertz CT molecular complexity index is 937. The summed E-state index contributed by atoms with van der Waals surface area (Å²) in [5, 5.41) is 16.5. The van der Waals surface area contributed by atoms with E-state index in [0.717, 1.165) is 0 Å². The number of carboxylic acids is 1. The predicted molar refractivity (Wildman–Crippen MR) is 124 cm³/mol. The van der Waals surface area contributed by atoms with Gasteiger partial charge in [-0.05, 0) is 11.5 Å². The number of primary amides is 2. The monoisotopic (exact) mass is 492 g/mol. The lowest BCUT2D eigenvalue weighted by Gasteiger charge is -2.25. The average molecular weight is 493 g/mol. The Morgan fingerprint density at radius 1 is 0.800 bits per heavy atom. The van der Waals surface area contributed by atoms with Gasteiger partial charge in [-0.1, -0.05) is 44.2 Å². The molecule has 35 heavy (non-hydrogen) atoms. The molecule has 13 nitrogen and oxygen atoms in total. The summed E-state index contributed by atoms with van der Waals surface area (Å²) in [5.74, 6) is -6.11. The maximum atomic E-state index is 13.0. The molecule has 0 fully saturated rings. The smallest absolute Gasteiger partial charge is 0.326 e. The van der Waals surface area contributed by atoms with Crippen LogP contribution in [0.3, 0.4) is 0 Å². The summed E-state index contributed by atoms with van der Waals surface area (Å²) in [6.45, 7) is 3.22. The van der Waals surface area contributed by atoms with Gasteiger partial charge >= 0.3 is 5.97 Å². The molecule has 0 heterocycles. The van der Waals surface area contributed by atoms with Crippen LogP contribution in [0.5, 0.6) is 0 Å². The summed E-state index contributed by atoms with van der Waals surface area (Å²) in [6.07, 6.45) is -1.13. The first-order chi connectivity index (χ1) is 16.3. The van der Waals surface area contributed by atoms with Crippen LogP contribution < -0.4 is 33.2 Å². The van der Waals surface area contributed by atoms with Crippen molar-refractivity contribution >= 4 is 35.5 Å². The molecule has 0 aliphatic carbocycles. The number of benzene rings is 1. The Hall–Kier alpha value is -4.00. The van der Waals surface area contributed by atoms with Crippen molar-refractivity contribution in [2.45, 2.75) is 57.3 Å². The van der Waals surface area contributed by atoms with Crippen molar-refractivity contribution in [3.63, 3.8) is 0 Å². The zero-order valence-corrected chi connectivity index (χ0v) is 19.5. The van der Waals surface area contributed by atoms with Crippen molar-refractivity contribution in [2.75, 3.05) is 0 Å². The van der Waals surface area contributed by atoms with E-state index < -0.39 is 78.4 Å². The van der Waals surface area contributed by atoms with E-state index in [-0.39, 0.29) is 6.42 Å². The zero-order valence-electron chi connectivity index (χ0n) is 19.5. The van der Waals surface area contributed by atoms with Gasteiger partial charge in [0.15, 0.2) is 0 Å². The number of nitrogens with two attached hydrogens (primary N) is 3. The van der Waals surface area contributed by atoms with Gasteiger partial charge in [0.2, 0.25) is 29.5 Å². The molecule has 0 aliphatic heterocycles. The zero-order chi connectivity index (χ0) is 26.7. The highest BCUT2D eigenvalue weighted by Gasteiger charge is 2.32. The van der Waals surface area contributed by atoms with Crippen molar-refractivity contribution in [2.24, 2.45) is 23.1 Å². The number of carbonyl (C=O) groups is 6. The molecule has 4 atom stereocenters. The second kappa shape index (κ2) is 13.6. The van der Waals surface area contributed by atoms with Crippen molar-refractivity contribution in [3.05, 3.63) is 35.9 Å². The van der Waals surface area contributed by atoms with Crippen LogP contribution in [0.1, 0.15) is 32.3 Å². The Balaban J connectivity index is 3.13. The third-order valence-electron chi connectivity index (χ3n) is 4.94. The van der Waals surface area contributed by atoms with Crippen LogP contribution in [0.2, 0.25) is 0 Å². The van der Waals surface area contributed by atoms with Gasteiger partial charge in [0, 0.05) is 6.42 Å². The summed E-state index contributed by atoms with van der Waals surface area (Å²) >= 11 is 0. The van der Waals surface area contributed by atoms with Crippen LogP contribution in [0.4, 0.5) is 0 Å². The van der Waals surface area contributed by atoms with Crippen LogP contribution in [-0.4, -0.2) is 64.8 Å². The van der Waals surface area contributed by atoms with E-state index in [4.69, 9.17) is 17.2 Å². The first-order valence-corrected chi connectivity index (χ1v) is 10.8. The van der Waals surface area contributed by atoms with E-state index in [9.17, 15) is 33.9 Å². The summed E-state index contributed by atoms with van der Waals surface area (Å²) < 4.78 is 0. The van der Waals surface area contributed by atoms with Gasteiger partial charge < -0.3 is 38.3 Å². The maximum Gasteiger partial charge on any atom is 0.326 e. The van der Waals surface area contributed by atoms with Gasteiger partial charge in [-0.15, -0.1) is 0 Å². The van der Waals surface area contributed by atoms with Crippen LogP contribution in [0.15, 0.2) is 30.3 Å². The third kappa shape index (κ3) is 10.2. The van der Waals surface area contributed by atoms with E-state index >= 15 is 0 Å². The number of nitrogens with one attached hydrogen (secondary N) is 3. The Kier molecular flexibility index (Phi) is 11.3. The fourth-order valence-electron chi connectivity index (χ4n) is 3.10. The second-order valence-corrected chi connectivity index (χ2v) is 8.33. The van der Waals surface area contributed by atoms with E-state index in [1.807, 2.05) is 0 Å². The van der Waals surface area contributed by atoms with Crippen LogP contribution in [-0.2, 0) is 35.2 Å². The van der Waals surface area contributed by atoms with Gasteiger partial charge in [-0.25, -0.2) is 4.79 Å². The molecule has 1 aromatic rings. The summed E-state index contributed by atoms with van der Waals surface area (Å²) in [5.41, 5.74) is 16.4. The van der Waals surface area contributed by atoms with Crippen molar-refractivity contribution in [1.29, 1.82) is 0 Å². The average Bonchev–Trinajstić information content (AvgIpc) is 2.75. The molecule has 4 unspecified atom stereocenters. The first kappa shape index (κ1) is 29.0. The van der Waals surface area contributed by atoms with E-state index in [1.54, 1.807) is 44.2 Å². The quantitative estimate of drug-likeness (QED) is 0.146. The molecule has 0 spiro atoms. The standard InChI is InChI=1S/C22H32N6O7/c1-11(2)18(22(34)35)28-21(33)14(8-12-6-4-3-5-7-12)27-20(32)15(10-17(25)30)26-19(31)13(23)9-16(24)29/h3-7,11,13-15,18H,8-10,23H2,1-2H3,(H2,24,29)(H2,25,30)(H,26,31)(H,27,32)(H,28,33)(H,34,35). The van der Waals surface area contributed by atoms with E-state index in [1.165, 1.54) is 0 Å². The molecular weight excluding hydrogens is 460 g/mol. The van der Waals surface area contributed by atoms with Crippen LogP contribution in [0.25, 0.3) is 0 Å². The predicted octanol–water partition coefficient (Wildman–Crippen LogP) is -2.50. The lowest BCUT2D eigenvalue weighted by atomic mass is 10.0. The van der Waals surface area contributed by atoms with Gasteiger partial charge in [0.25, 0.3) is 0 Å². The summed E-state index contributed by atoms with van der Waals surface area (Å²) in [7, 11) is 0. The van der Waals surface area contributed by atoms with Crippen molar-refractivity contribution in [3.8, 4) is 0 Å². The van der Waals surface area contributed by atoms with Gasteiger partial charge in [-0.3, -0.25) is 24.0 Å². The third-order valence-corrected chi connectivity index (χ3v) is 4.94. The minimum Gasteiger partial charge on any atom is -0.480 e. The number of hydrogen-bond donors (Lipinski definition) is 7. The highest BCUT2D eigenvalue weighted by molar-refractivity contribution is 5.97. The molecular formula is C22H32N6O7. The highest BCUT2D eigenvalue weighted by atomic mass is 16.4. The van der Waals surface area contributed by atoms with Gasteiger partial charge in [-0.2, -0.15) is 0 Å². The lowest BCUT2D eigenvalue weighted by molar-refractivity contribution is -0.143. The van der Waals surface area contributed by atoms with Gasteiger partial charge in [0.1, 0.15) is 18.1 Å². The fourth-order valence-corrected chi connectivity index (χ4v) is 3.10. The lowest BCUT2D eigenvalue weighted by Crippen LogP contribution is -2.58. The van der Waals surface area contributed by atoms with E-state index in [0.29, 0.717) is 5.56 Å². The maximum absolute atomic E-state index is 13.0. The normalized spacial score (nSPS) is 14.2. The molecule has 1 rings (SSSR count). The Labute approximate surface area is 202 Å². The highest BCUT2D eigenvalue weighted by Crippen LogP contribution is 2.08. The minimum atomic E-state index is -1.51. The number of amides is 5. The van der Waals surface area contributed by atoms with Crippen molar-refractivity contribution in [1.82, 2.24) is 16.0 Å². The first-order valence-electron chi connectivity index (χ1n) is 10.8. The topological polar surface area (TPSA) is 237 Å². The molecule has 1 aromatic carbocycles. The second-order valence-electron chi connectivity index (χ2n) is 8.33. The molecule has 0 bridgehead atoms. The number of hydrogen-bond acceptors (Lipinski definition) is 7. The Morgan fingerprint density at radius 2 is 1.31 bits per heavy atom. The summed E-state index contributed by atoms with van der Waals surface area (Å²) in [6, 6.07) is 3.25. The van der Waals surface area contributed by atoms with Crippen LogP contribution in [0, 0.1) is 5.92 Å². The van der Waals surface area contributed by atoms with Crippen LogP contribution >= 0.6 is 0 Å². The molecule has 0 radical (unpaired) electrons. The number of carboxylic acid groups (broad SMARTS) is 1. The molecule has 0 aliphatic rings. The SMILES string of the molecule is CC(C)C(NC(=O)C(Cc1ccccc1)NC(=O)C(CC(N)=O)NC(=O)C(N)CC(N)=O)C(=O)O. The summed E-state index contributed by atoms with van der Waals surface area (Å²) in [4.78, 5) is 72.2. The largest absolute Gasteiger partial charge is 0.480 e. The van der Waals surface area contributed by atoms with Gasteiger partial charge in [0.05, 0.1) is 18.9 Å². The molecule has 0 aromatic heterocycles. The van der Waals surface area contributed by atoms with Crippen molar-refractivity contribution < 1.29 is 33.9 Å². The molecule has 13 heteroatoms. The molecule has 5 amide bonds. The molecule has 10 N–H and O–H groups in total. The molecule has 192 valence electrons. The Morgan fingerprint density at radius 3 is 1.80 bits per heavy atom. The molecule has 0 saturated carbocycles. The fraction of sp³-hybridized carbons (Fsp3) is 0.455. The van der Waals surface area contributed by atoms with E-state index in [2.05, 4.69) is 16.0 Å². The number of carbonyl (C=O) groups excluding carboxylic acids is 5. The minimum absolute atomic E-state index is 0.0126. The molecule has 0 saturated heterocycles.